The average Bonchev–Trinajstić information content (AvgIpc) is 2.88. The summed E-state index contributed by atoms with van der Waals surface area (Å²) >= 11 is 0. The van der Waals surface area contributed by atoms with Crippen molar-refractivity contribution in [3.63, 3.8) is 0 Å². The van der Waals surface area contributed by atoms with E-state index in [1.54, 1.807) is 0 Å². The summed E-state index contributed by atoms with van der Waals surface area (Å²) in [6.07, 6.45) is 10.1. The molecule has 1 nitrogen and oxygen atoms in total. The second-order valence-electron chi connectivity index (χ2n) is 6.96. The summed E-state index contributed by atoms with van der Waals surface area (Å²) in [5, 5.41) is 2.41. The van der Waals surface area contributed by atoms with Gasteiger partial charge in [0, 0.05) is 21.8 Å². The fourth-order valence-electron chi connectivity index (χ4n) is 4.12. The van der Waals surface area contributed by atoms with Crippen LogP contribution < -0.4 is 0 Å². The SMILES string of the molecule is CC1(C)C2=C(C=CCC=C2)c2c1ccc1c2oc2ccccc21. The van der Waals surface area contributed by atoms with Crippen molar-refractivity contribution in [1.82, 2.24) is 0 Å². The van der Waals surface area contributed by atoms with Crippen molar-refractivity contribution in [2.24, 2.45) is 0 Å². The minimum Gasteiger partial charge on any atom is -0.455 e. The standard InChI is InChI=1S/C22H18O/c1-22(2)17-10-5-3-4-9-16(17)20-18(22)13-12-15-14-8-6-7-11-19(14)23-21(15)20/h4-13H,3H2,1-2H3. The molecule has 0 atom stereocenters. The monoisotopic (exact) mass is 298 g/mol. The largest absolute Gasteiger partial charge is 0.455 e. The first-order valence-corrected chi connectivity index (χ1v) is 8.21. The van der Waals surface area contributed by atoms with Crippen molar-refractivity contribution in [1.29, 1.82) is 0 Å². The van der Waals surface area contributed by atoms with E-state index in [2.05, 4.69) is 68.5 Å². The highest BCUT2D eigenvalue weighted by Crippen LogP contribution is 2.51. The number of allylic oxidation sites excluding steroid dienone is 6. The van der Waals surface area contributed by atoms with Crippen molar-refractivity contribution in [3.8, 4) is 0 Å². The maximum atomic E-state index is 6.29. The summed E-state index contributed by atoms with van der Waals surface area (Å²) in [7, 11) is 0. The van der Waals surface area contributed by atoms with Crippen LogP contribution in [-0.2, 0) is 5.41 Å². The van der Waals surface area contributed by atoms with Gasteiger partial charge in [-0.15, -0.1) is 0 Å². The number of furan rings is 1. The van der Waals surface area contributed by atoms with E-state index in [1.165, 1.54) is 33.0 Å². The molecule has 5 rings (SSSR count). The molecule has 1 heterocycles. The highest BCUT2D eigenvalue weighted by Gasteiger charge is 2.38. The lowest BCUT2D eigenvalue weighted by Crippen LogP contribution is -2.16. The Kier molecular flexibility index (Phi) is 2.40. The van der Waals surface area contributed by atoms with Gasteiger partial charge in [-0.1, -0.05) is 68.5 Å². The zero-order chi connectivity index (χ0) is 15.6. The van der Waals surface area contributed by atoms with E-state index in [0.717, 1.165) is 17.6 Å². The average molecular weight is 298 g/mol. The Morgan fingerprint density at radius 3 is 2.65 bits per heavy atom. The molecule has 1 aromatic heterocycles. The van der Waals surface area contributed by atoms with Gasteiger partial charge in [0.15, 0.2) is 0 Å². The smallest absolute Gasteiger partial charge is 0.143 e. The third-order valence-electron chi connectivity index (χ3n) is 5.29. The van der Waals surface area contributed by atoms with Crippen LogP contribution in [0, 0.1) is 0 Å². The fraction of sp³-hybridized carbons (Fsp3) is 0.182. The molecule has 0 fully saturated rings. The second-order valence-corrected chi connectivity index (χ2v) is 6.96. The molecule has 0 saturated carbocycles. The summed E-state index contributed by atoms with van der Waals surface area (Å²) in [6.45, 7) is 4.62. The predicted octanol–water partition coefficient (Wildman–Crippen LogP) is 6.15. The molecule has 3 aromatic rings. The van der Waals surface area contributed by atoms with Crippen LogP contribution >= 0.6 is 0 Å². The Balaban J connectivity index is 1.97. The number of hydrogen-bond acceptors (Lipinski definition) is 1. The van der Waals surface area contributed by atoms with Crippen LogP contribution in [0.3, 0.4) is 0 Å². The first-order valence-electron chi connectivity index (χ1n) is 8.21. The Morgan fingerprint density at radius 2 is 1.74 bits per heavy atom. The molecule has 2 aromatic carbocycles. The summed E-state index contributed by atoms with van der Waals surface area (Å²) in [5.74, 6) is 0. The van der Waals surface area contributed by atoms with Crippen molar-refractivity contribution >= 4 is 27.5 Å². The van der Waals surface area contributed by atoms with E-state index in [-0.39, 0.29) is 5.41 Å². The van der Waals surface area contributed by atoms with Gasteiger partial charge in [-0.2, -0.15) is 0 Å². The number of fused-ring (bicyclic) bond motifs is 6. The van der Waals surface area contributed by atoms with Gasteiger partial charge in [-0.25, -0.2) is 0 Å². The fourth-order valence-corrected chi connectivity index (χ4v) is 4.12. The molecule has 112 valence electrons. The minimum absolute atomic E-state index is 0.0169. The Hall–Kier alpha value is -2.54. The van der Waals surface area contributed by atoms with Gasteiger partial charge < -0.3 is 4.42 Å². The molecule has 0 unspecified atom stereocenters. The zero-order valence-electron chi connectivity index (χ0n) is 13.4. The summed E-state index contributed by atoms with van der Waals surface area (Å²) in [4.78, 5) is 0. The van der Waals surface area contributed by atoms with Crippen LogP contribution in [-0.4, -0.2) is 0 Å². The van der Waals surface area contributed by atoms with Crippen LogP contribution in [0.1, 0.15) is 31.4 Å². The molecular formula is C22H18O. The highest BCUT2D eigenvalue weighted by molar-refractivity contribution is 6.11. The summed E-state index contributed by atoms with van der Waals surface area (Å²) in [5.41, 5.74) is 7.38. The lowest BCUT2D eigenvalue weighted by Gasteiger charge is -2.22. The molecule has 0 aliphatic heterocycles. The number of rotatable bonds is 0. The molecule has 0 saturated heterocycles. The van der Waals surface area contributed by atoms with E-state index in [4.69, 9.17) is 4.42 Å². The Morgan fingerprint density at radius 1 is 0.913 bits per heavy atom. The van der Waals surface area contributed by atoms with Gasteiger partial charge >= 0.3 is 0 Å². The number of hydrogen-bond donors (Lipinski definition) is 0. The molecular weight excluding hydrogens is 280 g/mol. The zero-order valence-corrected chi connectivity index (χ0v) is 13.4. The summed E-state index contributed by atoms with van der Waals surface area (Å²) in [6, 6.07) is 12.8. The molecule has 0 spiro atoms. The van der Waals surface area contributed by atoms with Gasteiger partial charge in [0.1, 0.15) is 11.2 Å². The molecule has 23 heavy (non-hydrogen) atoms. The first-order chi connectivity index (χ1) is 11.2. The van der Waals surface area contributed by atoms with E-state index in [9.17, 15) is 0 Å². The highest BCUT2D eigenvalue weighted by atomic mass is 16.3. The molecule has 1 heteroatoms. The van der Waals surface area contributed by atoms with Crippen molar-refractivity contribution < 1.29 is 4.42 Å². The normalized spacial score (nSPS) is 18.5. The topological polar surface area (TPSA) is 13.1 Å². The Labute approximate surface area is 135 Å². The van der Waals surface area contributed by atoms with Crippen LogP contribution in [0.4, 0.5) is 0 Å². The van der Waals surface area contributed by atoms with Crippen molar-refractivity contribution in [2.45, 2.75) is 25.7 Å². The van der Waals surface area contributed by atoms with E-state index < -0.39 is 0 Å². The maximum Gasteiger partial charge on any atom is 0.143 e. The van der Waals surface area contributed by atoms with Crippen LogP contribution in [0.5, 0.6) is 0 Å². The van der Waals surface area contributed by atoms with Crippen LogP contribution in [0.2, 0.25) is 0 Å². The number of benzene rings is 2. The number of para-hydroxylation sites is 1. The Bertz CT molecular complexity index is 1050. The predicted molar refractivity (Wildman–Crippen MR) is 96.6 cm³/mol. The van der Waals surface area contributed by atoms with Gasteiger partial charge in [0.05, 0.1) is 0 Å². The van der Waals surface area contributed by atoms with Crippen molar-refractivity contribution in [3.05, 3.63) is 77.4 Å². The molecule has 0 amide bonds. The van der Waals surface area contributed by atoms with E-state index >= 15 is 0 Å². The quantitative estimate of drug-likeness (QED) is 0.485. The first kappa shape index (κ1) is 13.0. The summed E-state index contributed by atoms with van der Waals surface area (Å²) < 4.78 is 6.29. The molecule has 0 radical (unpaired) electrons. The molecule has 2 aliphatic rings. The van der Waals surface area contributed by atoms with Gasteiger partial charge in [0.25, 0.3) is 0 Å². The second kappa shape index (κ2) is 4.26. The minimum atomic E-state index is 0.0169. The molecule has 0 N–H and O–H groups in total. The van der Waals surface area contributed by atoms with Gasteiger partial charge in [-0.3, -0.25) is 0 Å². The lowest BCUT2D eigenvalue weighted by atomic mass is 9.81. The van der Waals surface area contributed by atoms with Crippen LogP contribution in [0.15, 0.2) is 70.7 Å². The van der Waals surface area contributed by atoms with Crippen molar-refractivity contribution in [2.75, 3.05) is 0 Å². The van der Waals surface area contributed by atoms with Gasteiger partial charge in [-0.05, 0) is 29.2 Å². The third-order valence-corrected chi connectivity index (χ3v) is 5.29. The maximum absolute atomic E-state index is 6.29. The third kappa shape index (κ3) is 1.57. The molecule has 0 bridgehead atoms. The molecule has 2 aliphatic carbocycles. The van der Waals surface area contributed by atoms with E-state index in [1.807, 2.05) is 6.07 Å². The van der Waals surface area contributed by atoms with E-state index in [0.29, 0.717) is 0 Å². The van der Waals surface area contributed by atoms with Gasteiger partial charge in [0.2, 0.25) is 0 Å². The lowest BCUT2D eigenvalue weighted by molar-refractivity contribution is 0.645. The van der Waals surface area contributed by atoms with Crippen LogP contribution in [0.25, 0.3) is 27.5 Å².